The maximum atomic E-state index is 12.1. The first-order valence-corrected chi connectivity index (χ1v) is 8.36. The van der Waals surface area contributed by atoms with Gasteiger partial charge in [-0.05, 0) is 31.0 Å². The molecule has 0 unspecified atom stereocenters. The van der Waals surface area contributed by atoms with Gasteiger partial charge >= 0.3 is 0 Å². The number of rotatable bonds is 3. The third-order valence-electron chi connectivity index (χ3n) is 3.88. The monoisotopic (exact) mass is 376 g/mol. The first-order valence-electron chi connectivity index (χ1n) is 8.36. The molecule has 0 aromatic carbocycles. The molecule has 4 rings (SSSR count). The number of nitrogens with two attached hydrogens (primary N) is 1. The van der Waals surface area contributed by atoms with Crippen molar-refractivity contribution in [3.8, 4) is 23.4 Å². The van der Waals surface area contributed by atoms with Crippen LogP contribution in [0.15, 0.2) is 35.1 Å². The van der Waals surface area contributed by atoms with Gasteiger partial charge in [0.25, 0.3) is 5.91 Å². The van der Waals surface area contributed by atoms with Gasteiger partial charge in [0.2, 0.25) is 5.82 Å². The van der Waals surface area contributed by atoms with Gasteiger partial charge in [-0.15, -0.1) is 5.10 Å². The highest BCUT2D eigenvalue weighted by Crippen LogP contribution is 2.18. The van der Waals surface area contributed by atoms with E-state index in [9.17, 15) is 4.79 Å². The summed E-state index contributed by atoms with van der Waals surface area (Å²) < 4.78 is 8.32. The summed E-state index contributed by atoms with van der Waals surface area (Å²) in [5, 5.41) is 11.2. The van der Waals surface area contributed by atoms with Crippen LogP contribution in [0.1, 0.15) is 21.9 Å². The van der Waals surface area contributed by atoms with Crippen LogP contribution in [0, 0.1) is 18.8 Å². The molecule has 0 aliphatic heterocycles. The van der Waals surface area contributed by atoms with Crippen LogP contribution in [0.5, 0.6) is 0 Å². The summed E-state index contributed by atoms with van der Waals surface area (Å²) in [6, 6.07) is 5.21. The van der Waals surface area contributed by atoms with Crippen molar-refractivity contribution >= 4 is 17.4 Å². The highest BCUT2D eigenvalue weighted by atomic mass is 16.3. The average Bonchev–Trinajstić information content (AvgIpc) is 3.37. The molecule has 0 aliphatic rings. The molecular weight excluding hydrogens is 360 g/mol. The van der Waals surface area contributed by atoms with Gasteiger partial charge in [-0.25, -0.2) is 14.5 Å². The molecule has 10 nitrogen and oxygen atoms in total. The molecule has 28 heavy (non-hydrogen) atoms. The maximum Gasteiger partial charge on any atom is 0.270 e. The van der Waals surface area contributed by atoms with Crippen molar-refractivity contribution in [2.75, 3.05) is 12.3 Å². The molecule has 10 heteroatoms. The van der Waals surface area contributed by atoms with Crippen molar-refractivity contribution in [2.45, 2.75) is 6.92 Å². The number of carbonyl (C=O) groups is 1. The number of hydrogen-bond donors (Lipinski definition) is 2. The van der Waals surface area contributed by atoms with Crippen LogP contribution in [0.2, 0.25) is 0 Å². The second kappa shape index (κ2) is 6.88. The Morgan fingerprint density at radius 1 is 1.36 bits per heavy atom. The van der Waals surface area contributed by atoms with Gasteiger partial charge in [0.1, 0.15) is 11.4 Å². The average molecular weight is 376 g/mol. The highest BCUT2D eigenvalue weighted by molar-refractivity contribution is 5.92. The fourth-order valence-electron chi connectivity index (χ4n) is 2.66. The Kier molecular flexibility index (Phi) is 4.25. The number of furan rings is 1. The molecule has 4 heterocycles. The highest BCUT2D eigenvalue weighted by Gasteiger charge is 2.12. The summed E-state index contributed by atoms with van der Waals surface area (Å²) in [5.74, 6) is 6.59. The van der Waals surface area contributed by atoms with Gasteiger partial charge < -0.3 is 15.5 Å². The lowest BCUT2D eigenvalue weighted by molar-refractivity contribution is 0.0949. The second-order valence-electron chi connectivity index (χ2n) is 5.97. The normalized spacial score (nSPS) is 10.6. The molecule has 0 radical (unpaired) electrons. The molecule has 140 valence electrons. The van der Waals surface area contributed by atoms with E-state index < -0.39 is 0 Å². The third kappa shape index (κ3) is 3.28. The molecule has 0 bridgehead atoms. The number of aromatic nitrogens is 6. The summed E-state index contributed by atoms with van der Waals surface area (Å²) in [6.07, 6.45) is 3.16. The van der Waals surface area contributed by atoms with E-state index in [-0.39, 0.29) is 18.3 Å². The standard InChI is InChI=1S/C18H16N8O2/c1-11-9-13(25(2)23-11)18(27)20-7-3-5-12-10-26-17(15(19)21-12)22-16(24-26)14-6-4-8-28-14/h4,6,8-10H,7H2,1-2H3,(H2,19,21)(H,20,27). The molecule has 0 aliphatic carbocycles. The van der Waals surface area contributed by atoms with E-state index >= 15 is 0 Å². The number of nitrogens with one attached hydrogen (secondary N) is 1. The molecule has 1 amide bonds. The van der Waals surface area contributed by atoms with E-state index in [0.29, 0.717) is 28.6 Å². The van der Waals surface area contributed by atoms with Crippen molar-refractivity contribution in [3.63, 3.8) is 0 Å². The zero-order valence-corrected chi connectivity index (χ0v) is 15.2. The van der Waals surface area contributed by atoms with Crippen LogP contribution in [-0.2, 0) is 7.05 Å². The van der Waals surface area contributed by atoms with Crippen LogP contribution >= 0.6 is 0 Å². The number of hydrogen-bond acceptors (Lipinski definition) is 7. The molecule has 0 saturated heterocycles. The minimum absolute atomic E-state index is 0.150. The second-order valence-corrected chi connectivity index (χ2v) is 5.97. The van der Waals surface area contributed by atoms with Crippen LogP contribution in [0.25, 0.3) is 17.2 Å². The van der Waals surface area contributed by atoms with Gasteiger partial charge in [0.15, 0.2) is 17.2 Å². The minimum atomic E-state index is -0.250. The Labute approximate surface area is 159 Å². The topological polar surface area (TPSA) is 129 Å². The molecule has 0 fully saturated rings. The third-order valence-corrected chi connectivity index (χ3v) is 3.88. The fourth-order valence-corrected chi connectivity index (χ4v) is 2.66. The van der Waals surface area contributed by atoms with Crippen LogP contribution in [-0.4, -0.2) is 41.8 Å². The zero-order chi connectivity index (χ0) is 19.7. The zero-order valence-electron chi connectivity index (χ0n) is 15.2. The van der Waals surface area contributed by atoms with Gasteiger partial charge in [0.05, 0.1) is 24.7 Å². The molecule has 0 saturated carbocycles. The van der Waals surface area contributed by atoms with Crippen molar-refractivity contribution in [2.24, 2.45) is 7.05 Å². The van der Waals surface area contributed by atoms with Crippen molar-refractivity contribution < 1.29 is 9.21 Å². The number of aryl methyl sites for hydroxylation is 2. The predicted octanol–water partition coefficient (Wildman–Crippen LogP) is 0.790. The lowest BCUT2D eigenvalue weighted by Crippen LogP contribution is -2.25. The number of amides is 1. The first kappa shape index (κ1) is 17.3. The SMILES string of the molecule is Cc1cc(C(=O)NCC#Cc2cn3nc(-c4ccco4)nc3c(N)n2)n(C)n1. The Hall–Kier alpha value is -4.13. The summed E-state index contributed by atoms with van der Waals surface area (Å²) in [6.45, 7) is 1.97. The maximum absolute atomic E-state index is 12.1. The smallest absolute Gasteiger partial charge is 0.270 e. The van der Waals surface area contributed by atoms with Crippen molar-refractivity contribution in [1.29, 1.82) is 0 Å². The van der Waals surface area contributed by atoms with E-state index in [0.717, 1.165) is 5.69 Å². The van der Waals surface area contributed by atoms with Crippen LogP contribution in [0.3, 0.4) is 0 Å². The van der Waals surface area contributed by atoms with Gasteiger partial charge in [-0.3, -0.25) is 9.48 Å². The van der Waals surface area contributed by atoms with Crippen molar-refractivity contribution in [1.82, 2.24) is 34.7 Å². The number of nitrogen functional groups attached to an aromatic ring is 1. The number of fused-ring (bicyclic) bond motifs is 1. The van der Waals surface area contributed by atoms with Crippen LogP contribution in [0.4, 0.5) is 5.82 Å². The largest absolute Gasteiger partial charge is 0.461 e. The number of carbonyl (C=O) groups excluding carboxylic acids is 1. The van der Waals surface area contributed by atoms with Crippen LogP contribution < -0.4 is 11.1 Å². The molecule has 3 N–H and O–H groups in total. The number of nitrogens with zero attached hydrogens (tertiary/aromatic N) is 6. The van der Waals surface area contributed by atoms with E-state index in [2.05, 4.69) is 37.3 Å². The molecule has 4 aromatic heterocycles. The molecule has 0 atom stereocenters. The quantitative estimate of drug-likeness (QED) is 0.506. The summed E-state index contributed by atoms with van der Waals surface area (Å²) in [5.41, 5.74) is 8.02. The molecule has 0 spiro atoms. The Bertz CT molecular complexity index is 1220. The summed E-state index contributed by atoms with van der Waals surface area (Å²) in [7, 11) is 1.71. The van der Waals surface area contributed by atoms with E-state index in [1.165, 1.54) is 9.20 Å². The summed E-state index contributed by atoms with van der Waals surface area (Å²) >= 11 is 0. The summed E-state index contributed by atoms with van der Waals surface area (Å²) in [4.78, 5) is 20.7. The fraction of sp³-hybridized carbons (Fsp3) is 0.167. The molecular formula is C18H16N8O2. The van der Waals surface area contributed by atoms with Gasteiger partial charge in [0, 0.05) is 7.05 Å². The Balaban J connectivity index is 1.49. The van der Waals surface area contributed by atoms with Gasteiger partial charge in [-0.1, -0.05) is 5.92 Å². The Morgan fingerprint density at radius 3 is 2.93 bits per heavy atom. The van der Waals surface area contributed by atoms with E-state index in [1.54, 1.807) is 37.7 Å². The van der Waals surface area contributed by atoms with E-state index in [1.807, 2.05) is 6.92 Å². The lowest BCUT2D eigenvalue weighted by Gasteiger charge is -2.01. The predicted molar refractivity (Wildman–Crippen MR) is 100 cm³/mol. The number of anilines is 1. The van der Waals surface area contributed by atoms with Crippen molar-refractivity contribution in [3.05, 3.63) is 47.7 Å². The van der Waals surface area contributed by atoms with E-state index in [4.69, 9.17) is 10.2 Å². The lowest BCUT2D eigenvalue weighted by atomic mass is 10.3. The Morgan fingerprint density at radius 2 is 2.21 bits per heavy atom. The van der Waals surface area contributed by atoms with Gasteiger partial charge in [-0.2, -0.15) is 5.10 Å². The first-order chi connectivity index (χ1) is 13.5. The molecule has 4 aromatic rings. The minimum Gasteiger partial charge on any atom is -0.461 e.